The fourth-order valence-electron chi connectivity index (χ4n) is 8.31. The van der Waals surface area contributed by atoms with Crippen molar-refractivity contribution in [3.05, 3.63) is 0 Å². The molecule has 0 saturated carbocycles. The summed E-state index contributed by atoms with van der Waals surface area (Å²) in [6, 6.07) is 0. The molecule has 0 fully saturated rings. The SMILES string of the molecule is CCCCCCCC[N+](C)(CCCCCCCC)CCCCCCCC.CCCCCCCC[N+](C)(CCCCCCCC)CCCCCCCC.O=S([O-])S(=O)[O-]. The zero-order valence-electron chi connectivity index (χ0n) is 41.0. The summed E-state index contributed by atoms with van der Waals surface area (Å²) in [4.78, 5) is 0. The molecule has 6 nitrogen and oxygen atoms in total. The van der Waals surface area contributed by atoms with Crippen molar-refractivity contribution < 1.29 is 26.5 Å². The summed E-state index contributed by atoms with van der Waals surface area (Å²) < 4.78 is 39.1. The van der Waals surface area contributed by atoms with Gasteiger partial charge in [-0.3, -0.25) is 8.42 Å². The van der Waals surface area contributed by atoms with Gasteiger partial charge in [-0.25, -0.2) is 0 Å². The van der Waals surface area contributed by atoms with Gasteiger partial charge in [0, 0.05) is 20.2 Å². The molecule has 8 heteroatoms. The maximum absolute atomic E-state index is 9.09. The van der Waals surface area contributed by atoms with Crippen molar-refractivity contribution in [1.82, 2.24) is 0 Å². The molecule has 0 heterocycles. The largest absolute Gasteiger partial charge is 0.763 e. The third-order valence-corrected chi connectivity index (χ3v) is 13.3. The van der Waals surface area contributed by atoms with E-state index in [2.05, 4.69) is 55.6 Å². The number of nitrogens with zero attached hydrogens (tertiary/aromatic N) is 2. The smallest absolute Gasteiger partial charge is 0.0784 e. The van der Waals surface area contributed by atoms with E-state index < -0.39 is 20.2 Å². The average Bonchev–Trinajstić information content (AvgIpc) is 3.20. The van der Waals surface area contributed by atoms with Crippen LogP contribution in [0.4, 0.5) is 0 Å². The number of rotatable bonds is 43. The second-order valence-electron chi connectivity index (χ2n) is 18.6. The molecule has 0 radical (unpaired) electrons. The molecule has 0 aliphatic heterocycles. The van der Waals surface area contributed by atoms with Crippen LogP contribution in [-0.2, 0) is 20.2 Å². The summed E-state index contributed by atoms with van der Waals surface area (Å²) in [5.41, 5.74) is 0. The number of hydrogen-bond acceptors (Lipinski definition) is 4. The van der Waals surface area contributed by atoms with E-state index in [0.29, 0.717) is 0 Å². The van der Waals surface area contributed by atoms with Crippen LogP contribution in [0, 0.1) is 0 Å². The van der Waals surface area contributed by atoms with Gasteiger partial charge >= 0.3 is 0 Å². The van der Waals surface area contributed by atoms with Gasteiger partial charge in [0.15, 0.2) is 0 Å². The Morgan fingerprint density at radius 2 is 0.379 bits per heavy atom. The van der Waals surface area contributed by atoms with E-state index >= 15 is 0 Å². The zero-order valence-corrected chi connectivity index (χ0v) is 42.7. The molecule has 0 aliphatic rings. The highest BCUT2D eigenvalue weighted by atomic mass is 33.2. The van der Waals surface area contributed by atoms with E-state index in [1.165, 1.54) is 279 Å². The molecule has 354 valence electrons. The summed E-state index contributed by atoms with van der Waals surface area (Å²) >= 11 is 0. The third kappa shape index (κ3) is 50.5. The summed E-state index contributed by atoms with van der Waals surface area (Å²) in [7, 11) is -0.782. The molecule has 2 atom stereocenters. The Morgan fingerprint density at radius 3 is 0.500 bits per heavy atom. The van der Waals surface area contributed by atoms with Crippen LogP contribution < -0.4 is 0 Å². The van der Waals surface area contributed by atoms with Crippen LogP contribution in [0.25, 0.3) is 0 Å². The Morgan fingerprint density at radius 1 is 0.259 bits per heavy atom. The number of hydrogen-bond donors (Lipinski definition) is 0. The maximum Gasteiger partial charge on any atom is 0.0784 e. The molecule has 0 N–H and O–H groups in total. The van der Waals surface area contributed by atoms with Gasteiger partial charge in [-0.1, -0.05) is 196 Å². The standard InChI is InChI=1S/2C25H54N.H2O4S2/c2*1-5-8-11-14-17-20-23-26(4,24-21-18-15-12-9-6-2)25-22-19-16-13-10-7-3;1-5(2)6(3)4/h2*5-25H2,1-4H3;(H,1,2)(H,3,4)/q2*+1;/p-2. The van der Waals surface area contributed by atoms with Gasteiger partial charge < -0.3 is 18.1 Å². The first-order valence-corrected chi connectivity index (χ1v) is 28.5. The predicted octanol–water partition coefficient (Wildman–Crippen LogP) is 15.7. The highest BCUT2D eigenvalue weighted by molar-refractivity contribution is 8.56. The minimum Gasteiger partial charge on any atom is -0.763 e. The van der Waals surface area contributed by atoms with Crippen LogP contribution in [0.1, 0.15) is 273 Å². The van der Waals surface area contributed by atoms with Gasteiger partial charge in [-0.15, -0.1) is 0 Å². The van der Waals surface area contributed by atoms with Crippen molar-refractivity contribution in [3.8, 4) is 0 Å². The zero-order chi connectivity index (χ0) is 43.9. The highest BCUT2D eigenvalue weighted by Crippen LogP contribution is 2.18. The van der Waals surface area contributed by atoms with Crippen LogP contribution >= 0.6 is 0 Å². The normalized spacial score (nSPS) is 12.8. The minimum atomic E-state index is -2.95. The van der Waals surface area contributed by atoms with Gasteiger partial charge in [0.25, 0.3) is 0 Å². The molecular formula is C50H108N2O4S2. The topological polar surface area (TPSA) is 80.3 Å². The van der Waals surface area contributed by atoms with Crippen molar-refractivity contribution in [2.24, 2.45) is 0 Å². The summed E-state index contributed by atoms with van der Waals surface area (Å²) in [5, 5.41) is 0. The molecule has 0 rings (SSSR count). The lowest BCUT2D eigenvalue weighted by molar-refractivity contribution is -0.910. The van der Waals surface area contributed by atoms with E-state index in [-0.39, 0.29) is 0 Å². The van der Waals surface area contributed by atoms with Crippen molar-refractivity contribution in [2.45, 2.75) is 273 Å². The second-order valence-corrected chi connectivity index (χ2v) is 21.0. The number of quaternary nitrogens is 2. The first kappa shape index (κ1) is 62.4. The van der Waals surface area contributed by atoms with Crippen molar-refractivity contribution in [3.63, 3.8) is 0 Å². The van der Waals surface area contributed by atoms with Gasteiger partial charge in [0.05, 0.1) is 53.4 Å². The predicted molar refractivity (Wildman–Crippen MR) is 260 cm³/mol. The van der Waals surface area contributed by atoms with Crippen LogP contribution in [0.5, 0.6) is 0 Å². The average molecular weight is 866 g/mol. The molecule has 0 aromatic carbocycles. The molecule has 0 saturated heterocycles. The van der Waals surface area contributed by atoms with Gasteiger partial charge in [0.2, 0.25) is 0 Å². The Hall–Kier alpha value is 0.140. The molecule has 0 aliphatic carbocycles. The Bertz CT molecular complexity index is 684. The van der Waals surface area contributed by atoms with Crippen LogP contribution in [-0.4, -0.2) is 79.9 Å². The molecule has 0 aromatic heterocycles. The van der Waals surface area contributed by atoms with Gasteiger partial charge in [-0.05, 0) is 77.0 Å². The van der Waals surface area contributed by atoms with Crippen LogP contribution in [0.3, 0.4) is 0 Å². The van der Waals surface area contributed by atoms with Crippen LogP contribution in [0.15, 0.2) is 0 Å². The summed E-state index contributed by atoms with van der Waals surface area (Å²) in [6.07, 6.45) is 51.7. The lowest BCUT2D eigenvalue weighted by Crippen LogP contribution is -2.46. The maximum atomic E-state index is 9.09. The Kier molecular flexibility index (Phi) is 53.6. The van der Waals surface area contributed by atoms with Crippen molar-refractivity contribution >= 4 is 20.2 Å². The quantitative estimate of drug-likeness (QED) is 0.0265. The van der Waals surface area contributed by atoms with E-state index in [0.717, 1.165) is 0 Å². The highest BCUT2D eigenvalue weighted by Gasteiger charge is 2.21. The first-order valence-electron chi connectivity index (χ1n) is 25.9. The van der Waals surface area contributed by atoms with E-state index in [4.69, 9.17) is 17.5 Å². The third-order valence-electron chi connectivity index (χ3n) is 12.4. The van der Waals surface area contributed by atoms with Gasteiger partial charge in [-0.2, -0.15) is 0 Å². The van der Waals surface area contributed by atoms with Crippen molar-refractivity contribution in [1.29, 1.82) is 0 Å². The summed E-state index contributed by atoms with van der Waals surface area (Å²) in [6.45, 7) is 22.4. The van der Waals surface area contributed by atoms with E-state index in [9.17, 15) is 0 Å². The Balaban J connectivity index is -0.000000912. The molecule has 0 spiro atoms. The fourth-order valence-corrected chi connectivity index (χ4v) is 8.31. The molecule has 0 bridgehead atoms. The molecule has 2 unspecified atom stereocenters. The molecule has 0 aromatic rings. The summed E-state index contributed by atoms with van der Waals surface area (Å²) in [5.74, 6) is 0. The number of unbranched alkanes of at least 4 members (excludes halogenated alkanes) is 30. The monoisotopic (exact) mass is 865 g/mol. The van der Waals surface area contributed by atoms with E-state index in [1.54, 1.807) is 0 Å². The molecule has 0 amide bonds. The Labute approximate surface area is 371 Å². The lowest BCUT2D eigenvalue weighted by Gasteiger charge is -2.35. The molecule has 58 heavy (non-hydrogen) atoms. The first-order chi connectivity index (χ1) is 28.0. The van der Waals surface area contributed by atoms with Crippen molar-refractivity contribution in [2.75, 3.05) is 53.4 Å². The van der Waals surface area contributed by atoms with Crippen LogP contribution in [0.2, 0.25) is 0 Å². The lowest BCUT2D eigenvalue weighted by atomic mass is 10.1. The van der Waals surface area contributed by atoms with Gasteiger partial charge in [0.1, 0.15) is 0 Å². The molecular weight excluding hydrogens is 757 g/mol. The van der Waals surface area contributed by atoms with E-state index in [1.807, 2.05) is 0 Å². The second kappa shape index (κ2) is 49.8. The minimum absolute atomic E-state index is 1.36. The fraction of sp³-hybridized carbons (Fsp3) is 1.00.